The Morgan fingerprint density at radius 3 is 2.82 bits per heavy atom. The van der Waals surface area contributed by atoms with Crippen molar-refractivity contribution in [2.24, 2.45) is 0 Å². The van der Waals surface area contributed by atoms with Gasteiger partial charge in [0.05, 0.1) is 17.8 Å². The number of carbonyl (C=O) groups excluding carboxylic acids is 1. The molecule has 3 heterocycles. The van der Waals surface area contributed by atoms with Crippen molar-refractivity contribution in [1.29, 1.82) is 0 Å². The van der Waals surface area contributed by atoms with Gasteiger partial charge in [-0.2, -0.15) is 0 Å². The number of pyridine rings is 1. The molecule has 0 atom stereocenters. The van der Waals surface area contributed by atoms with Crippen LogP contribution in [0, 0.1) is 0 Å². The predicted molar refractivity (Wildman–Crippen MR) is 64.7 cm³/mol. The summed E-state index contributed by atoms with van der Waals surface area (Å²) in [6.07, 6.45) is 4.36. The van der Waals surface area contributed by atoms with Gasteiger partial charge in [-0.15, -0.1) is 0 Å². The van der Waals surface area contributed by atoms with Crippen molar-refractivity contribution < 1.29 is 4.79 Å². The summed E-state index contributed by atoms with van der Waals surface area (Å²) in [7, 11) is 0. The molecular weight excluding hydrogens is 214 g/mol. The topological polar surface area (TPSA) is 36.4 Å². The molecule has 0 aliphatic carbocycles. The minimum absolute atomic E-state index is 0.146. The molecule has 0 bridgehead atoms. The molecule has 1 aromatic rings. The number of nitrogens with zero attached hydrogens (tertiary/aromatic N) is 3. The fourth-order valence-corrected chi connectivity index (χ4v) is 2.63. The number of carbonyl (C=O) groups is 1. The van der Waals surface area contributed by atoms with Crippen molar-refractivity contribution in [1.82, 2.24) is 14.8 Å². The average Bonchev–Trinajstić information content (AvgIpc) is 2.96. The third kappa shape index (κ3) is 2.05. The van der Waals surface area contributed by atoms with Gasteiger partial charge in [-0.05, 0) is 38.1 Å². The van der Waals surface area contributed by atoms with E-state index in [-0.39, 0.29) is 5.91 Å². The van der Waals surface area contributed by atoms with Crippen molar-refractivity contribution in [2.75, 3.05) is 26.2 Å². The molecule has 1 aromatic heterocycles. The number of likely N-dealkylation sites (tertiary alicyclic amines) is 1. The minimum Gasteiger partial charge on any atom is -0.331 e. The molecule has 0 spiro atoms. The molecule has 0 radical (unpaired) electrons. The van der Waals surface area contributed by atoms with Gasteiger partial charge in [-0.25, -0.2) is 0 Å². The van der Waals surface area contributed by atoms with E-state index in [9.17, 15) is 4.79 Å². The Balaban J connectivity index is 1.61. The molecule has 0 unspecified atom stereocenters. The lowest BCUT2D eigenvalue weighted by atomic mass is 10.2. The molecule has 0 saturated carbocycles. The van der Waals surface area contributed by atoms with Crippen LogP contribution in [0.15, 0.2) is 18.3 Å². The molecule has 0 N–H and O–H groups in total. The highest BCUT2D eigenvalue weighted by Crippen LogP contribution is 2.20. The van der Waals surface area contributed by atoms with Crippen LogP contribution in [-0.4, -0.2) is 46.9 Å². The summed E-state index contributed by atoms with van der Waals surface area (Å²) < 4.78 is 0. The smallest absolute Gasteiger partial charge is 0.256 e. The molecule has 1 amide bonds. The second kappa shape index (κ2) is 4.45. The summed E-state index contributed by atoms with van der Waals surface area (Å²) in [5, 5.41) is 0. The summed E-state index contributed by atoms with van der Waals surface area (Å²) in [5.74, 6) is 0.146. The zero-order valence-electron chi connectivity index (χ0n) is 9.93. The lowest BCUT2D eigenvalue weighted by molar-refractivity contribution is 0.0763. The first-order chi connectivity index (χ1) is 8.34. The number of aromatic nitrogens is 1. The lowest BCUT2D eigenvalue weighted by Gasteiger charge is -2.20. The highest BCUT2D eigenvalue weighted by molar-refractivity contribution is 5.97. The standard InChI is InChI=1S/C13H17N3O/c17-13-11-4-3-5-14-12(11)10-16(13)9-8-15-6-1-2-7-15/h3-5H,1-2,6-10H2. The van der Waals surface area contributed by atoms with E-state index in [1.165, 1.54) is 25.9 Å². The summed E-state index contributed by atoms with van der Waals surface area (Å²) in [4.78, 5) is 20.7. The summed E-state index contributed by atoms with van der Waals surface area (Å²) >= 11 is 0. The van der Waals surface area contributed by atoms with Crippen LogP contribution < -0.4 is 0 Å². The number of fused-ring (bicyclic) bond motifs is 1. The van der Waals surface area contributed by atoms with Gasteiger partial charge in [-0.1, -0.05) is 0 Å². The average molecular weight is 231 g/mol. The van der Waals surface area contributed by atoms with E-state index >= 15 is 0 Å². The zero-order valence-corrected chi connectivity index (χ0v) is 9.93. The van der Waals surface area contributed by atoms with Crippen molar-refractivity contribution in [3.63, 3.8) is 0 Å². The zero-order chi connectivity index (χ0) is 11.7. The van der Waals surface area contributed by atoms with Gasteiger partial charge in [0.2, 0.25) is 0 Å². The third-order valence-electron chi connectivity index (χ3n) is 3.63. The molecular formula is C13H17N3O. The quantitative estimate of drug-likeness (QED) is 0.782. The van der Waals surface area contributed by atoms with Crippen LogP contribution in [0.1, 0.15) is 28.9 Å². The number of hydrogen-bond acceptors (Lipinski definition) is 3. The molecule has 90 valence electrons. The van der Waals surface area contributed by atoms with E-state index in [2.05, 4.69) is 9.88 Å². The van der Waals surface area contributed by atoms with Crippen molar-refractivity contribution in [3.8, 4) is 0 Å². The van der Waals surface area contributed by atoms with Crippen molar-refractivity contribution in [3.05, 3.63) is 29.6 Å². The maximum absolute atomic E-state index is 12.1. The first kappa shape index (κ1) is 10.7. The Kier molecular flexibility index (Phi) is 2.81. The second-order valence-electron chi connectivity index (χ2n) is 4.77. The van der Waals surface area contributed by atoms with E-state index < -0.39 is 0 Å². The fraction of sp³-hybridized carbons (Fsp3) is 0.538. The molecule has 4 nitrogen and oxygen atoms in total. The molecule has 1 saturated heterocycles. The monoisotopic (exact) mass is 231 g/mol. The Morgan fingerprint density at radius 1 is 1.24 bits per heavy atom. The maximum atomic E-state index is 12.1. The van der Waals surface area contributed by atoms with Gasteiger partial charge in [0.25, 0.3) is 5.91 Å². The van der Waals surface area contributed by atoms with Gasteiger partial charge in [0, 0.05) is 19.3 Å². The molecule has 0 aromatic carbocycles. The van der Waals surface area contributed by atoms with E-state index in [0.29, 0.717) is 6.54 Å². The van der Waals surface area contributed by atoms with Crippen molar-refractivity contribution >= 4 is 5.91 Å². The molecule has 3 rings (SSSR count). The van der Waals surface area contributed by atoms with Crippen LogP contribution in [-0.2, 0) is 6.54 Å². The van der Waals surface area contributed by atoms with Crippen LogP contribution in [0.25, 0.3) is 0 Å². The minimum atomic E-state index is 0.146. The van der Waals surface area contributed by atoms with E-state index in [1.807, 2.05) is 17.0 Å². The van der Waals surface area contributed by atoms with Gasteiger partial charge < -0.3 is 9.80 Å². The first-order valence-corrected chi connectivity index (χ1v) is 6.30. The van der Waals surface area contributed by atoms with Crippen LogP contribution in [0.3, 0.4) is 0 Å². The van der Waals surface area contributed by atoms with Crippen molar-refractivity contribution in [2.45, 2.75) is 19.4 Å². The van der Waals surface area contributed by atoms with Crippen LogP contribution in [0.2, 0.25) is 0 Å². The van der Waals surface area contributed by atoms with E-state index in [4.69, 9.17) is 0 Å². The van der Waals surface area contributed by atoms with Crippen LogP contribution in [0.5, 0.6) is 0 Å². The highest BCUT2D eigenvalue weighted by atomic mass is 16.2. The number of amides is 1. The summed E-state index contributed by atoms with van der Waals surface area (Å²) in [6, 6.07) is 3.71. The van der Waals surface area contributed by atoms with E-state index in [1.54, 1.807) is 6.20 Å². The SMILES string of the molecule is O=C1c2cccnc2CN1CCN1CCCC1. The Morgan fingerprint density at radius 2 is 2.06 bits per heavy atom. The highest BCUT2D eigenvalue weighted by Gasteiger charge is 2.28. The largest absolute Gasteiger partial charge is 0.331 e. The van der Waals surface area contributed by atoms with Gasteiger partial charge in [0.1, 0.15) is 0 Å². The van der Waals surface area contributed by atoms with Crippen LogP contribution >= 0.6 is 0 Å². The molecule has 4 heteroatoms. The number of rotatable bonds is 3. The Bertz CT molecular complexity index is 426. The second-order valence-corrected chi connectivity index (χ2v) is 4.77. The molecule has 1 fully saturated rings. The molecule has 2 aliphatic rings. The normalized spacial score (nSPS) is 20.0. The summed E-state index contributed by atoms with van der Waals surface area (Å²) in [6.45, 7) is 4.89. The lowest BCUT2D eigenvalue weighted by Crippen LogP contribution is -2.33. The third-order valence-corrected chi connectivity index (χ3v) is 3.63. The Hall–Kier alpha value is -1.42. The maximum Gasteiger partial charge on any atom is 0.256 e. The summed E-state index contributed by atoms with van der Waals surface area (Å²) in [5.41, 5.74) is 1.72. The van der Waals surface area contributed by atoms with Gasteiger partial charge in [-0.3, -0.25) is 9.78 Å². The van der Waals surface area contributed by atoms with E-state index in [0.717, 1.165) is 24.3 Å². The van der Waals surface area contributed by atoms with Crippen LogP contribution in [0.4, 0.5) is 0 Å². The number of hydrogen-bond donors (Lipinski definition) is 0. The molecule has 17 heavy (non-hydrogen) atoms. The van der Waals surface area contributed by atoms with Gasteiger partial charge in [0.15, 0.2) is 0 Å². The predicted octanol–water partition coefficient (Wildman–Crippen LogP) is 1.13. The van der Waals surface area contributed by atoms with Gasteiger partial charge >= 0.3 is 0 Å². The Labute approximate surface area is 101 Å². The first-order valence-electron chi connectivity index (χ1n) is 6.30. The fourth-order valence-electron chi connectivity index (χ4n) is 2.63. The molecule has 2 aliphatic heterocycles.